The van der Waals surface area contributed by atoms with Gasteiger partial charge in [0.2, 0.25) is 0 Å². The molecule has 0 amide bonds. The summed E-state index contributed by atoms with van der Waals surface area (Å²) in [5, 5.41) is 3.29. The Morgan fingerprint density at radius 3 is 2.37 bits per heavy atom. The fraction of sp³-hybridized carbons (Fsp3) is 0.143. The van der Waals surface area contributed by atoms with Crippen LogP contribution in [-0.4, -0.2) is 14.2 Å². The third-order valence-electron chi connectivity index (χ3n) is 2.66. The van der Waals surface area contributed by atoms with Crippen molar-refractivity contribution in [2.45, 2.75) is 0 Å². The highest BCUT2D eigenvalue weighted by atomic mass is 79.9. The van der Waals surface area contributed by atoms with E-state index < -0.39 is 0 Å². The quantitative estimate of drug-likeness (QED) is 0.841. The number of nitrogens with two attached hydrogens (primary N) is 1. The molecule has 0 saturated heterocycles. The number of nitrogen functional groups attached to an aromatic ring is 1. The molecule has 3 N–H and O–H groups in total. The van der Waals surface area contributed by atoms with Crippen molar-refractivity contribution < 1.29 is 9.47 Å². The highest BCUT2D eigenvalue weighted by Crippen LogP contribution is 2.33. The molecule has 0 bridgehead atoms. The summed E-state index contributed by atoms with van der Waals surface area (Å²) in [5.74, 6) is 1.38. The molecule has 0 aliphatic rings. The molecule has 0 aliphatic heterocycles. The van der Waals surface area contributed by atoms with E-state index in [2.05, 4.69) is 21.2 Å². The highest BCUT2D eigenvalue weighted by molar-refractivity contribution is 9.10. The van der Waals surface area contributed by atoms with Crippen LogP contribution in [0.25, 0.3) is 0 Å². The second kappa shape index (κ2) is 5.84. The largest absolute Gasteiger partial charge is 0.493 e. The molecule has 0 radical (unpaired) electrons. The number of halogens is 1. The van der Waals surface area contributed by atoms with Crippen LogP contribution < -0.4 is 20.5 Å². The maximum Gasteiger partial charge on any atom is 0.162 e. The van der Waals surface area contributed by atoms with Crippen LogP contribution >= 0.6 is 15.9 Å². The van der Waals surface area contributed by atoms with E-state index in [1.165, 1.54) is 0 Å². The van der Waals surface area contributed by atoms with Gasteiger partial charge >= 0.3 is 0 Å². The Labute approximate surface area is 120 Å². The van der Waals surface area contributed by atoms with Gasteiger partial charge in [0.05, 0.1) is 19.9 Å². The van der Waals surface area contributed by atoms with E-state index in [1.54, 1.807) is 14.2 Å². The standard InChI is InChI=1S/C14H15BrN2O2/c1-18-13-6-4-10(8-14(13)19-2)17-12-5-3-9(16)7-11(12)15/h3-8,17H,16H2,1-2H3. The van der Waals surface area contributed by atoms with Crippen LogP contribution in [0.2, 0.25) is 0 Å². The van der Waals surface area contributed by atoms with Crippen LogP contribution in [0.4, 0.5) is 17.1 Å². The van der Waals surface area contributed by atoms with Crippen molar-refractivity contribution in [1.29, 1.82) is 0 Å². The predicted molar refractivity (Wildman–Crippen MR) is 81.4 cm³/mol. The SMILES string of the molecule is COc1ccc(Nc2ccc(N)cc2Br)cc1OC. The third kappa shape index (κ3) is 3.12. The zero-order valence-corrected chi connectivity index (χ0v) is 12.3. The molecule has 0 aliphatic carbocycles. The molecule has 19 heavy (non-hydrogen) atoms. The van der Waals surface area contributed by atoms with Crippen molar-refractivity contribution in [2.24, 2.45) is 0 Å². The normalized spacial score (nSPS) is 10.1. The lowest BCUT2D eigenvalue weighted by atomic mass is 10.2. The van der Waals surface area contributed by atoms with E-state index in [9.17, 15) is 0 Å². The number of hydrogen-bond donors (Lipinski definition) is 2. The average molecular weight is 323 g/mol. The minimum Gasteiger partial charge on any atom is -0.493 e. The molecule has 2 aromatic rings. The third-order valence-corrected chi connectivity index (χ3v) is 3.31. The molecule has 0 fully saturated rings. The Kier molecular flexibility index (Phi) is 4.16. The molecule has 0 spiro atoms. The number of ether oxygens (including phenoxy) is 2. The van der Waals surface area contributed by atoms with Crippen LogP contribution in [0.1, 0.15) is 0 Å². The van der Waals surface area contributed by atoms with Crippen LogP contribution in [0.3, 0.4) is 0 Å². The van der Waals surface area contributed by atoms with E-state index in [0.717, 1.165) is 15.8 Å². The first-order valence-corrected chi connectivity index (χ1v) is 6.47. The molecular formula is C14H15BrN2O2. The monoisotopic (exact) mass is 322 g/mol. The summed E-state index contributed by atoms with van der Waals surface area (Å²) in [7, 11) is 3.22. The van der Waals surface area contributed by atoms with Gasteiger partial charge in [-0.3, -0.25) is 0 Å². The lowest BCUT2D eigenvalue weighted by Gasteiger charge is -2.12. The second-order valence-corrected chi connectivity index (χ2v) is 4.79. The molecule has 0 aromatic heterocycles. The molecule has 0 atom stereocenters. The van der Waals surface area contributed by atoms with E-state index in [4.69, 9.17) is 15.2 Å². The van der Waals surface area contributed by atoms with Gasteiger partial charge in [0, 0.05) is 21.9 Å². The van der Waals surface area contributed by atoms with Crippen LogP contribution in [-0.2, 0) is 0 Å². The van der Waals surface area contributed by atoms with Gasteiger partial charge in [-0.1, -0.05) is 0 Å². The van der Waals surface area contributed by atoms with Crippen LogP contribution in [0.15, 0.2) is 40.9 Å². The maximum atomic E-state index is 5.71. The van der Waals surface area contributed by atoms with Crippen molar-refractivity contribution in [3.05, 3.63) is 40.9 Å². The number of benzene rings is 2. The summed E-state index contributed by atoms with van der Waals surface area (Å²) in [6.07, 6.45) is 0. The zero-order valence-electron chi connectivity index (χ0n) is 10.7. The summed E-state index contributed by atoms with van der Waals surface area (Å²) in [5.41, 5.74) is 8.26. The fourth-order valence-corrected chi connectivity index (χ4v) is 2.20. The zero-order chi connectivity index (χ0) is 13.8. The Balaban J connectivity index is 2.28. The van der Waals surface area contributed by atoms with Gasteiger partial charge < -0.3 is 20.5 Å². The van der Waals surface area contributed by atoms with Gasteiger partial charge in [0.1, 0.15) is 0 Å². The molecule has 0 unspecified atom stereocenters. The van der Waals surface area contributed by atoms with Crippen molar-refractivity contribution >= 4 is 33.0 Å². The van der Waals surface area contributed by atoms with Gasteiger partial charge in [-0.25, -0.2) is 0 Å². The Bertz CT molecular complexity index is 588. The Hall–Kier alpha value is -1.88. The Morgan fingerprint density at radius 1 is 1.00 bits per heavy atom. The van der Waals surface area contributed by atoms with E-state index >= 15 is 0 Å². The van der Waals surface area contributed by atoms with E-state index in [1.807, 2.05) is 36.4 Å². The Morgan fingerprint density at radius 2 is 1.74 bits per heavy atom. The van der Waals surface area contributed by atoms with Gasteiger partial charge in [-0.15, -0.1) is 0 Å². The molecule has 4 nitrogen and oxygen atoms in total. The van der Waals surface area contributed by atoms with Crippen LogP contribution in [0, 0.1) is 0 Å². The predicted octanol–water partition coefficient (Wildman–Crippen LogP) is 3.79. The lowest BCUT2D eigenvalue weighted by Crippen LogP contribution is -1.95. The minimum absolute atomic E-state index is 0.680. The van der Waals surface area contributed by atoms with Crippen LogP contribution in [0.5, 0.6) is 11.5 Å². The van der Waals surface area contributed by atoms with Crippen molar-refractivity contribution in [2.75, 3.05) is 25.3 Å². The number of hydrogen-bond acceptors (Lipinski definition) is 4. The fourth-order valence-electron chi connectivity index (χ4n) is 1.70. The van der Waals surface area contributed by atoms with Gasteiger partial charge in [0.25, 0.3) is 0 Å². The first kappa shape index (κ1) is 13.5. The summed E-state index contributed by atoms with van der Waals surface area (Å²) in [6, 6.07) is 11.3. The first-order valence-electron chi connectivity index (χ1n) is 5.68. The maximum absolute atomic E-state index is 5.71. The minimum atomic E-state index is 0.680. The summed E-state index contributed by atoms with van der Waals surface area (Å²) in [4.78, 5) is 0. The molecule has 2 aromatic carbocycles. The highest BCUT2D eigenvalue weighted by Gasteiger charge is 2.06. The number of rotatable bonds is 4. The first-order chi connectivity index (χ1) is 9.13. The molecular weight excluding hydrogens is 308 g/mol. The molecule has 2 rings (SSSR count). The number of methoxy groups -OCH3 is 2. The molecule has 0 saturated carbocycles. The van der Waals surface area contributed by atoms with E-state index in [-0.39, 0.29) is 0 Å². The number of anilines is 3. The second-order valence-electron chi connectivity index (χ2n) is 3.93. The average Bonchev–Trinajstić information content (AvgIpc) is 2.41. The summed E-state index contributed by atoms with van der Waals surface area (Å²) < 4.78 is 11.4. The molecule has 100 valence electrons. The van der Waals surface area contributed by atoms with Crippen molar-refractivity contribution in [1.82, 2.24) is 0 Å². The summed E-state index contributed by atoms with van der Waals surface area (Å²) >= 11 is 3.47. The van der Waals surface area contributed by atoms with Gasteiger partial charge in [-0.2, -0.15) is 0 Å². The summed E-state index contributed by atoms with van der Waals surface area (Å²) in [6.45, 7) is 0. The molecule has 0 heterocycles. The van der Waals surface area contributed by atoms with Gasteiger partial charge in [0.15, 0.2) is 11.5 Å². The van der Waals surface area contributed by atoms with Crippen molar-refractivity contribution in [3.8, 4) is 11.5 Å². The van der Waals surface area contributed by atoms with Crippen molar-refractivity contribution in [3.63, 3.8) is 0 Å². The van der Waals surface area contributed by atoms with Gasteiger partial charge in [-0.05, 0) is 46.3 Å². The smallest absolute Gasteiger partial charge is 0.162 e. The van der Waals surface area contributed by atoms with E-state index in [0.29, 0.717) is 17.2 Å². The lowest BCUT2D eigenvalue weighted by molar-refractivity contribution is 0.355. The molecule has 5 heteroatoms. The topological polar surface area (TPSA) is 56.5 Å². The number of nitrogens with one attached hydrogen (secondary N) is 1.